The van der Waals surface area contributed by atoms with E-state index in [9.17, 15) is 14.0 Å². The van der Waals surface area contributed by atoms with Crippen LogP contribution in [0, 0.1) is 18.7 Å². The van der Waals surface area contributed by atoms with Crippen LogP contribution < -0.4 is 4.90 Å². The second-order valence-corrected chi connectivity index (χ2v) is 8.45. The molecule has 0 radical (unpaired) electrons. The van der Waals surface area contributed by atoms with Gasteiger partial charge in [0.15, 0.2) is 5.82 Å². The van der Waals surface area contributed by atoms with Gasteiger partial charge in [0.05, 0.1) is 19.0 Å². The molecule has 1 atom stereocenters. The summed E-state index contributed by atoms with van der Waals surface area (Å²) in [6.45, 7) is 6.66. The Morgan fingerprint density at radius 1 is 1.27 bits per heavy atom. The molecular weight excluding hydrogens is 383 g/mol. The number of aromatic nitrogens is 2. The van der Waals surface area contributed by atoms with E-state index in [1.807, 2.05) is 25.7 Å². The first-order valence-corrected chi connectivity index (χ1v) is 10.6. The second kappa shape index (κ2) is 8.13. The van der Waals surface area contributed by atoms with E-state index >= 15 is 0 Å². The van der Waals surface area contributed by atoms with Crippen molar-refractivity contribution in [1.82, 2.24) is 14.9 Å². The number of hydrogen-bond acceptors (Lipinski definition) is 4. The van der Waals surface area contributed by atoms with Crippen LogP contribution in [0.15, 0.2) is 24.3 Å². The van der Waals surface area contributed by atoms with Crippen molar-refractivity contribution in [2.75, 3.05) is 11.4 Å². The highest BCUT2D eigenvalue weighted by Gasteiger charge is 2.35. The molecule has 30 heavy (non-hydrogen) atoms. The Kier molecular flexibility index (Phi) is 5.54. The Balaban J connectivity index is 1.69. The number of aryl methyl sites for hydroxylation is 1. The smallest absolute Gasteiger partial charge is 0.233 e. The first-order chi connectivity index (χ1) is 14.3. The van der Waals surface area contributed by atoms with Crippen molar-refractivity contribution in [3.05, 3.63) is 52.7 Å². The van der Waals surface area contributed by atoms with Crippen molar-refractivity contribution in [3.63, 3.8) is 0 Å². The topological polar surface area (TPSA) is 66.4 Å². The van der Waals surface area contributed by atoms with Crippen LogP contribution in [-0.4, -0.2) is 33.2 Å². The summed E-state index contributed by atoms with van der Waals surface area (Å²) in [5.74, 6) is 0.807. The number of hydrogen-bond donors (Lipinski definition) is 0. The van der Waals surface area contributed by atoms with Crippen LogP contribution in [-0.2, 0) is 22.6 Å². The van der Waals surface area contributed by atoms with E-state index in [0.717, 1.165) is 30.5 Å². The third-order valence-corrected chi connectivity index (χ3v) is 5.90. The fourth-order valence-corrected chi connectivity index (χ4v) is 4.32. The molecule has 0 spiro atoms. The highest BCUT2D eigenvalue weighted by atomic mass is 19.1. The summed E-state index contributed by atoms with van der Waals surface area (Å²) in [6, 6.07) is 6.08. The Morgan fingerprint density at radius 3 is 2.80 bits per heavy atom. The summed E-state index contributed by atoms with van der Waals surface area (Å²) in [7, 11) is 0. The fraction of sp³-hybridized carbons (Fsp3) is 0.478. The minimum absolute atomic E-state index is 0.0671. The number of amides is 2. The number of fused-ring (bicyclic) bond motifs is 1. The molecule has 7 heteroatoms. The van der Waals surface area contributed by atoms with Gasteiger partial charge in [-0.05, 0) is 43.9 Å². The molecule has 1 aromatic heterocycles. The summed E-state index contributed by atoms with van der Waals surface area (Å²) in [5.41, 5.74) is 2.30. The molecule has 1 aromatic carbocycles. The quantitative estimate of drug-likeness (QED) is 0.771. The number of halogens is 1. The van der Waals surface area contributed by atoms with E-state index < -0.39 is 0 Å². The van der Waals surface area contributed by atoms with Crippen molar-refractivity contribution in [3.8, 4) is 0 Å². The highest BCUT2D eigenvalue weighted by molar-refractivity contribution is 6.00. The molecule has 1 fully saturated rings. The van der Waals surface area contributed by atoms with Crippen LogP contribution in [0.3, 0.4) is 0 Å². The van der Waals surface area contributed by atoms with E-state index in [1.54, 1.807) is 17.0 Å². The minimum Gasteiger partial charge on any atom is -0.332 e. The van der Waals surface area contributed by atoms with Gasteiger partial charge in [-0.25, -0.2) is 14.4 Å². The van der Waals surface area contributed by atoms with Crippen molar-refractivity contribution >= 4 is 17.6 Å². The Labute approximate surface area is 176 Å². The molecule has 0 bridgehead atoms. The Hall–Kier alpha value is -2.83. The fourth-order valence-electron chi connectivity index (χ4n) is 4.32. The molecule has 0 saturated carbocycles. The van der Waals surface area contributed by atoms with Gasteiger partial charge in [-0.2, -0.15) is 0 Å². The van der Waals surface area contributed by atoms with Crippen molar-refractivity contribution in [1.29, 1.82) is 0 Å². The van der Waals surface area contributed by atoms with E-state index in [4.69, 9.17) is 9.97 Å². The summed E-state index contributed by atoms with van der Waals surface area (Å²) in [5, 5.41) is 0. The molecule has 1 saturated heterocycles. The zero-order chi connectivity index (χ0) is 21.4. The number of carbonyl (C=O) groups is 2. The monoisotopic (exact) mass is 410 g/mol. The molecule has 2 aromatic rings. The maximum Gasteiger partial charge on any atom is 0.233 e. The van der Waals surface area contributed by atoms with Gasteiger partial charge in [-0.1, -0.05) is 26.0 Å². The number of rotatable bonds is 4. The lowest BCUT2D eigenvalue weighted by atomic mass is 9.99. The number of benzene rings is 1. The third kappa shape index (κ3) is 3.80. The lowest BCUT2D eigenvalue weighted by Crippen LogP contribution is -2.41. The van der Waals surface area contributed by atoms with Crippen LogP contribution in [0.25, 0.3) is 0 Å². The first-order valence-electron chi connectivity index (χ1n) is 10.6. The van der Waals surface area contributed by atoms with E-state index in [0.29, 0.717) is 23.8 Å². The molecule has 2 amide bonds. The summed E-state index contributed by atoms with van der Waals surface area (Å²) < 4.78 is 13.6. The predicted molar refractivity (Wildman–Crippen MR) is 111 cm³/mol. The molecule has 2 aliphatic rings. The van der Waals surface area contributed by atoms with Gasteiger partial charge in [0.2, 0.25) is 11.8 Å². The molecule has 0 aliphatic carbocycles. The van der Waals surface area contributed by atoms with E-state index in [1.165, 1.54) is 12.1 Å². The van der Waals surface area contributed by atoms with Crippen molar-refractivity contribution in [2.45, 2.75) is 59.0 Å². The first kappa shape index (κ1) is 20.4. The second-order valence-electron chi connectivity index (χ2n) is 8.45. The number of piperidine rings is 1. The third-order valence-electron chi connectivity index (χ3n) is 5.90. The number of likely N-dealkylation sites (tertiary alicyclic amines) is 1. The number of anilines is 1. The summed E-state index contributed by atoms with van der Waals surface area (Å²) in [6.07, 6.45) is 3.05. The molecule has 6 nitrogen and oxygen atoms in total. The molecule has 2 aliphatic heterocycles. The number of carbonyl (C=O) groups excluding carboxylic acids is 2. The summed E-state index contributed by atoms with van der Waals surface area (Å²) >= 11 is 0. The Morgan fingerprint density at radius 2 is 2.07 bits per heavy atom. The molecule has 4 rings (SSSR count). The molecule has 3 heterocycles. The van der Waals surface area contributed by atoms with Crippen LogP contribution in [0.5, 0.6) is 0 Å². The molecule has 158 valence electrons. The molecule has 0 unspecified atom stereocenters. The zero-order valence-corrected chi connectivity index (χ0v) is 17.7. The lowest BCUT2D eigenvalue weighted by molar-refractivity contribution is -0.138. The minimum atomic E-state index is -0.330. The molecular formula is C23H27FN4O2. The van der Waals surface area contributed by atoms with E-state index in [2.05, 4.69) is 0 Å². The SMILES string of the molecule is Cc1nc([C@H]2CCCCN2C(=O)C(C)C)nc2c1CC(=O)N2Cc1cccc(F)c1. The largest absolute Gasteiger partial charge is 0.332 e. The van der Waals surface area contributed by atoms with Crippen LogP contribution in [0.2, 0.25) is 0 Å². The van der Waals surface area contributed by atoms with Crippen LogP contribution in [0.4, 0.5) is 10.2 Å². The normalized spacial score (nSPS) is 18.8. The van der Waals surface area contributed by atoms with Gasteiger partial charge in [0.25, 0.3) is 0 Å². The van der Waals surface area contributed by atoms with Crippen LogP contribution in [0.1, 0.15) is 61.8 Å². The van der Waals surface area contributed by atoms with Gasteiger partial charge in [-0.15, -0.1) is 0 Å². The summed E-state index contributed by atoms with van der Waals surface area (Å²) in [4.78, 5) is 38.5. The number of nitrogens with zero attached hydrogens (tertiary/aromatic N) is 4. The predicted octanol–water partition coefficient (Wildman–Crippen LogP) is 3.72. The van der Waals surface area contributed by atoms with E-state index in [-0.39, 0.29) is 42.6 Å². The van der Waals surface area contributed by atoms with Crippen molar-refractivity contribution < 1.29 is 14.0 Å². The lowest BCUT2D eigenvalue weighted by Gasteiger charge is -2.36. The van der Waals surface area contributed by atoms with Gasteiger partial charge < -0.3 is 4.90 Å². The van der Waals surface area contributed by atoms with Crippen LogP contribution >= 0.6 is 0 Å². The van der Waals surface area contributed by atoms with Gasteiger partial charge >= 0.3 is 0 Å². The van der Waals surface area contributed by atoms with Gasteiger partial charge in [0.1, 0.15) is 11.6 Å². The standard InChI is InChI=1S/C23H27FN4O2/c1-14(2)23(30)27-10-5-4-9-19(27)21-25-15(3)18-12-20(29)28(22(18)26-21)13-16-7-6-8-17(24)11-16/h6-8,11,14,19H,4-5,9-10,12-13H2,1-3H3/t19-/m1/s1. The Bertz CT molecular complexity index is 991. The van der Waals surface area contributed by atoms with Gasteiger partial charge in [-0.3, -0.25) is 14.5 Å². The maximum absolute atomic E-state index is 13.6. The van der Waals surface area contributed by atoms with Gasteiger partial charge in [0, 0.05) is 23.7 Å². The maximum atomic E-state index is 13.6. The molecule has 0 N–H and O–H groups in total. The zero-order valence-electron chi connectivity index (χ0n) is 17.7. The van der Waals surface area contributed by atoms with Crippen molar-refractivity contribution in [2.24, 2.45) is 5.92 Å². The highest BCUT2D eigenvalue weighted by Crippen LogP contribution is 2.35. The average molecular weight is 410 g/mol. The average Bonchev–Trinajstić information content (AvgIpc) is 3.03.